The van der Waals surface area contributed by atoms with Gasteiger partial charge >= 0.3 is 11.9 Å². The van der Waals surface area contributed by atoms with E-state index in [0.717, 1.165) is 25.3 Å². The molecule has 0 aliphatic heterocycles. The van der Waals surface area contributed by atoms with Gasteiger partial charge in [-0.15, -0.1) is 0 Å². The van der Waals surface area contributed by atoms with Gasteiger partial charge in [-0.1, -0.05) is 32.8 Å². The molecule has 0 bridgehead atoms. The van der Waals surface area contributed by atoms with Crippen molar-refractivity contribution < 1.29 is 37.7 Å². The Morgan fingerprint density at radius 2 is 1.79 bits per heavy atom. The summed E-state index contributed by atoms with van der Waals surface area (Å²) in [6, 6.07) is 3.21. The normalized spacial score (nSPS) is 14.5. The molecule has 0 saturated heterocycles. The van der Waals surface area contributed by atoms with Crippen LogP contribution in [0.25, 0.3) is 0 Å². The molecule has 0 saturated carbocycles. The highest BCUT2D eigenvalue weighted by Gasteiger charge is 2.33. The highest BCUT2D eigenvalue weighted by Crippen LogP contribution is 2.39. The fourth-order valence-corrected chi connectivity index (χ4v) is 4.28. The molecule has 0 fully saturated rings. The lowest BCUT2D eigenvalue weighted by Gasteiger charge is -2.32. The molecular weight excluding hydrogens is 495 g/mol. The standard InChI is InChI=1S/C28H39FN2O7/c1-10-19(11-2)24(21-14-13-20(29)15-23(21)36-9)17(5)37-28(34)16(4)31-27(33)25(30-7)26(38-18(6)32)22(12-3)35-8/h12-17,19,24H,7,10-11H2,1-6,8-9H3,(H,31,33)/b22-12+,26-25+/t16-,17-,24-/m0/s1. The maximum Gasteiger partial charge on any atom is 0.328 e. The number of carbonyl (C=O) groups is 3. The van der Waals surface area contributed by atoms with E-state index in [2.05, 4.69) is 17.0 Å². The Balaban J connectivity index is 3.24. The Labute approximate surface area is 224 Å². The van der Waals surface area contributed by atoms with Gasteiger partial charge in [-0.2, -0.15) is 0 Å². The molecule has 1 rings (SSSR count). The van der Waals surface area contributed by atoms with E-state index in [1.54, 1.807) is 19.9 Å². The molecule has 38 heavy (non-hydrogen) atoms. The summed E-state index contributed by atoms with van der Waals surface area (Å²) in [7, 11) is 2.80. The second-order valence-corrected chi connectivity index (χ2v) is 8.61. The summed E-state index contributed by atoms with van der Waals surface area (Å²) in [6.45, 7) is 13.4. The molecule has 1 aromatic rings. The van der Waals surface area contributed by atoms with Crippen LogP contribution in [0.1, 0.15) is 65.9 Å². The number of carbonyl (C=O) groups excluding carboxylic acids is 3. The summed E-state index contributed by atoms with van der Waals surface area (Å²) >= 11 is 0. The van der Waals surface area contributed by atoms with Crippen LogP contribution >= 0.6 is 0 Å². The van der Waals surface area contributed by atoms with E-state index in [-0.39, 0.29) is 29.1 Å². The third-order valence-electron chi connectivity index (χ3n) is 6.16. The van der Waals surface area contributed by atoms with E-state index in [4.69, 9.17) is 18.9 Å². The van der Waals surface area contributed by atoms with Crippen molar-refractivity contribution in [1.82, 2.24) is 5.32 Å². The fraction of sp³-hybridized carbons (Fsp3) is 0.500. The smallest absolute Gasteiger partial charge is 0.328 e. The molecule has 0 aromatic heterocycles. The number of nitrogens with one attached hydrogen (secondary N) is 1. The van der Waals surface area contributed by atoms with Gasteiger partial charge in [0.25, 0.3) is 5.91 Å². The lowest BCUT2D eigenvalue weighted by Crippen LogP contribution is -2.42. The number of methoxy groups -OCH3 is 2. The summed E-state index contributed by atoms with van der Waals surface area (Å²) < 4.78 is 35.4. The van der Waals surface area contributed by atoms with Crippen molar-refractivity contribution in [2.45, 2.75) is 72.4 Å². The average Bonchev–Trinajstić information content (AvgIpc) is 2.87. The Kier molecular flexibility index (Phi) is 13.2. The Hall–Kier alpha value is -3.69. The number of esters is 2. The molecule has 3 atom stereocenters. The molecule has 0 radical (unpaired) electrons. The van der Waals surface area contributed by atoms with Gasteiger partial charge in [-0.3, -0.25) is 14.6 Å². The third-order valence-corrected chi connectivity index (χ3v) is 6.16. The molecule has 1 N–H and O–H groups in total. The largest absolute Gasteiger partial charge is 0.496 e. The quantitative estimate of drug-likeness (QED) is 0.120. The average molecular weight is 535 g/mol. The van der Waals surface area contributed by atoms with Gasteiger partial charge in [0, 0.05) is 24.5 Å². The van der Waals surface area contributed by atoms with E-state index in [1.165, 1.54) is 39.4 Å². The molecule has 0 unspecified atom stereocenters. The molecule has 0 aliphatic rings. The first-order valence-electron chi connectivity index (χ1n) is 12.4. The molecule has 0 spiro atoms. The summed E-state index contributed by atoms with van der Waals surface area (Å²) in [6.07, 6.45) is 2.44. The molecule has 210 valence electrons. The summed E-state index contributed by atoms with van der Waals surface area (Å²) in [5.41, 5.74) is 0.388. The van der Waals surface area contributed by atoms with Crippen LogP contribution in [-0.2, 0) is 28.6 Å². The van der Waals surface area contributed by atoms with Crippen molar-refractivity contribution in [3.63, 3.8) is 0 Å². The van der Waals surface area contributed by atoms with Crippen molar-refractivity contribution in [3.05, 3.63) is 52.9 Å². The number of hydrogen-bond donors (Lipinski definition) is 1. The van der Waals surface area contributed by atoms with Crippen molar-refractivity contribution in [2.75, 3.05) is 14.2 Å². The van der Waals surface area contributed by atoms with Gasteiger partial charge in [-0.25, -0.2) is 9.18 Å². The van der Waals surface area contributed by atoms with Gasteiger partial charge in [0.15, 0.2) is 11.5 Å². The number of aliphatic imine (C=N–C) groups is 1. The first-order chi connectivity index (χ1) is 18.0. The van der Waals surface area contributed by atoms with Crippen LogP contribution < -0.4 is 10.1 Å². The van der Waals surface area contributed by atoms with Crippen molar-refractivity contribution in [3.8, 4) is 5.75 Å². The Bertz CT molecular complexity index is 1060. The van der Waals surface area contributed by atoms with Crippen LogP contribution in [0, 0.1) is 11.7 Å². The number of allylic oxidation sites excluding steroid dienone is 1. The predicted molar refractivity (Wildman–Crippen MR) is 142 cm³/mol. The lowest BCUT2D eigenvalue weighted by molar-refractivity contribution is -0.153. The number of benzene rings is 1. The minimum Gasteiger partial charge on any atom is -0.496 e. The molecule has 1 amide bonds. The third kappa shape index (κ3) is 8.43. The van der Waals surface area contributed by atoms with Crippen LogP contribution in [0.3, 0.4) is 0 Å². The van der Waals surface area contributed by atoms with Crippen LogP contribution in [-0.4, -0.2) is 50.9 Å². The minimum atomic E-state index is -1.09. The number of halogens is 1. The van der Waals surface area contributed by atoms with Crippen molar-refractivity contribution >= 4 is 24.6 Å². The van der Waals surface area contributed by atoms with Crippen molar-refractivity contribution in [1.29, 1.82) is 0 Å². The topological polar surface area (TPSA) is 113 Å². The molecule has 1 aromatic carbocycles. The Morgan fingerprint density at radius 3 is 2.26 bits per heavy atom. The second kappa shape index (κ2) is 15.5. The summed E-state index contributed by atoms with van der Waals surface area (Å²) in [4.78, 5) is 41.3. The van der Waals surface area contributed by atoms with E-state index >= 15 is 0 Å². The van der Waals surface area contributed by atoms with E-state index < -0.39 is 35.8 Å². The van der Waals surface area contributed by atoms with Crippen LogP contribution in [0.2, 0.25) is 0 Å². The number of rotatable bonds is 14. The number of hydrogen-bond acceptors (Lipinski definition) is 8. The monoisotopic (exact) mass is 534 g/mol. The molecular formula is C28H39FN2O7. The molecule has 0 aliphatic carbocycles. The highest BCUT2D eigenvalue weighted by molar-refractivity contribution is 5.97. The number of nitrogens with zero attached hydrogens (tertiary/aromatic N) is 1. The van der Waals surface area contributed by atoms with Gasteiger partial charge in [0.2, 0.25) is 5.76 Å². The first kappa shape index (κ1) is 32.3. The summed E-state index contributed by atoms with van der Waals surface area (Å²) in [5, 5.41) is 2.51. The van der Waals surface area contributed by atoms with Crippen molar-refractivity contribution in [2.24, 2.45) is 10.9 Å². The predicted octanol–water partition coefficient (Wildman–Crippen LogP) is 4.82. The lowest BCUT2D eigenvalue weighted by atomic mass is 9.79. The fourth-order valence-electron chi connectivity index (χ4n) is 4.28. The van der Waals surface area contributed by atoms with Crippen LogP contribution in [0.15, 0.2) is 46.5 Å². The summed E-state index contributed by atoms with van der Waals surface area (Å²) in [5.74, 6) is -2.60. The number of amides is 1. The zero-order valence-electron chi connectivity index (χ0n) is 23.4. The maximum absolute atomic E-state index is 13.9. The van der Waals surface area contributed by atoms with Gasteiger partial charge < -0.3 is 24.3 Å². The highest BCUT2D eigenvalue weighted by atomic mass is 19.1. The number of ether oxygens (including phenoxy) is 4. The van der Waals surface area contributed by atoms with Gasteiger partial charge in [0.1, 0.15) is 23.7 Å². The Morgan fingerprint density at radius 1 is 1.16 bits per heavy atom. The zero-order chi connectivity index (χ0) is 29.0. The minimum absolute atomic E-state index is 0.0860. The van der Waals surface area contributed by atoms with E-state index in [9.17, 15) is 18.8 Å². The van der Waals surface area contributed by atoms with E-state index in [0.29, 0.717) is 5.75 Å². The maximum atomic E-state index is 13.9. The second-order valence-electron chi connectivity index (χ2n) is 8.61. The first-order valence-corrected chi connectivity index (χ1v) is 12.4. The SMILES string of the molecule is C=N/C(C(=O)N[C@@H](C)C(=O)O[C@@H](C)[C@H](c1ccc(F)cc1OC)C(CC)CC)=C(OC(C)=O)\C(=C/C)OC. The van der Waals surface area contributed by atoms with Gasteiger partial charge in [-0.05, 0) is 45.5 Å². The van der Waals surface area contributed by atoms with Crippen LogP contribution in [0.4, 0.5) is 4.39 Å². The zero-order valence-corrected chi connectivity index (χ0v) is 23.4. The van der Waals surface area contributed by atoms with E-state index in [1.807, 2.05) is 13.8 Å². The molecule has 9 nitrogen and oxygen atoms in total. The molecule has 0 heterocycles. The van der Waals surface area contributed by atoms with Crippen LogP contribution in [0.5, 0.6) is 5.75 Å². The van der Waals surface area contributed by atoms with Gasteiger partial charge in [0.05, 0.1) is 14.2 Å². The molecule has 10 heteroatoms.